The molecule has 0 fully saturated rings. The molecule has 0 saturated carbocycles. The summed E-state index contributed by atoms with van der Waals surface area (Å²) in [6, 6.07) is 2.89. The number of nitrogens with zero attached hydrogens (tertiary/aromatic N) is 2. The highest BCUT2D eigenvalue weighted by Gasteiger charge is 2.22. The number of carboxylic acids is 1. The Labute approximate surface area is 134 Å². The van der Waals surface area contributed by atoms with Crippen LogP contribution in [0.15, 0.2) is 46.5 Å². The highest BCUT2D eigenvalue weighted by Crippen LogP contribution is 2.25. The van der Waals surface area contributed by atoms with Crippen LogP contribution >= 0.6 is 23.2 Å². The molecule has 0 bridgehead atoms. The van der Waals surface area contributed by atoms with Gasteiger partial charge in [0.05, 0.1) is 10.4 Å². The van der Waals surface area contributed by atoms with Crippen molar-refractivity contribution in [3.63, 3.8) is 0 Å². The molecule has 0 amide bonds. The van der Waals surface area contributed by atoms with E-state index in [-0.39, 0.29) is 21.7 Å². The van der Waals surface area contributed by atoms with Crippen molar-refractivity contribution in [3.05, 3.63) is 62.7 Å². The van der Waals surface area contributed by atoms with Gasteiger partial charge in [0.2, 0.25) is 5.43 Å². The molecule has 3 rings (SSSR count). The number of carboxylic acid groups (broad SMARTS) is 1. The maximum atomic E-state index is 12.2. The third-order valence-corrected chi connectivity index (χ3v) is 3.76. The summed E-state index contributed by atoms with van der Waals surface area (Å²) in [6.07, 6.45) is 5.67. The number of allylic oxidation sites excluding steroid dienone is 2. The number of aromatic carboxylic acids is 1. The Bertz CT molecular complexity index is 902. The maximum absolute atomic E-state index is 12.2. The van der Waals surface area contributed by atoms with Crippen molar-refractivity contribution in [2.24, 2.45) is 0 Å². The first kappa shape index (κ1) is 14.6. The van der Waals surface area contributed by atoms with Gasteiger partial charge in [-0.2, -0.15) is 0 Å². The fourth-order valence-corrected chi connectivity index (χ4v) is 2.61. The summed E-state index contributed by atoms with van der Waals surface area (Å²) in [5.41, 5.74) is -0.728. The second kappa shape index (κ2) is 5.47. The molecule has 8 heteroatoms. The zero-order chi connectivity index (χ0) is 15.9. The summed E-state index contributed by atoms with van der Waals surface area (Å²) in [5, 5.41) is 13.0. The molecule has 0 saturated heterocycles. The van der Waals surface area contributed by atoms with E-state index in [2.05, 4.69) is 10.3 Å². The molecule has 1 unspecified atom stereocenters. The van der Waals surface area contributed by atoms with Gasteiger partial charge in [-0.15, -0.1) is 0 Å². The zero-order valence-electron chi connectivity index (χ0n) is 11.0. The monoisotopic (exact) mass is 337 g/mol. The predicted octanol–water partition coefficient (Wildman–Crippen LogP) is 2.49. The van der Waals surface area contributed by atoms with E-state index >= 15 is 0 Å². The van der Waals surface area contributed by atoms with Crippen molar-refractivity contribution in [1.29, 1.82) is 0 Å². The number of halogens is 2. The average Bonchev–Trinajstić information content (AvgIpc) is 2.48. The fourth-order valence-electron chi connectivity index (χ4n) is 2.22. The van der Waals surface area contributed by atoms with E-state index in [9.17, 15) is 14.7 Å². The van der Waals surface area contributed by atoms with Gasteiger partial charge >= 0.3 is 5.97 Å². The van der Waals surface area contributed by atoms with Gasteiger partial charge in [0.15, 0.2) is 0 Å². The molecule has 1 atom stereocenters. The Hall–Kier alpha value is -2.31. The van der Waals surface area contributed by atoms with E-state index in [0.29, 0.717) is 5.03 Å². The van der Waals surface area contributed by atoms with Crippen LogP contribution in [0.2, 0.25) is 5.15 Å². The van der Waals surface area contributed by atoms with Gasteiger partial charge in [-0.25, -0.2) is 9.78 Å². The first-order chi connectivity index (χ1) is 10.5. The van der Waals surface area contributed by atoms with Crippen LogP contribution in [0.25, 0.3) is 11.0 Å². The van der Waals surface area contributed by atoms with Gasteiger partial charge in [-0.05, 0) is 30.5 Å². The van der Waals surface area contributed by atoms with Crippen LogP contribution in [0.4, 0.5) is 0 Å². The summed E-state index contributed by atoms with van der Waals surface area (Å²) in [6.45, 7) is 0. The molecule has 2 aromatic rings. The molecule has 3 heterocycles. The molecule has 2 aromatic heterocycles. The lowest BCUT2D eigenvalue weighted by atomic mass is 10.2. The van der Waals surface area contributed by atoms with Crippen molar-refractivity contribution in [2.45, 2.75) is 6.17 Å². The van der Waals surface area contributed by atoms with Crippen molar-refractivity contribution in [2.75, 3.05) is 0 Å². The van der Waals surface area contributed by atoms with Gasteiger partial charge in [-0.3, -0.25) is 4.79 Å². The largest absolute Gasteiger partial charge is 0.477 e. The Morgan fingerprint density at radius 1 is 1.36 bits per heavy atom. The van der Waals surface area contributed by atoms with Crippen LogP contribution in [0.3, 0.4) is 0 Å². The van der Waals surface area contributed by atoms with Gasteiger partial charge in [-0.1, -0.05) is 23.2 Å². The molecule has 0 aromatic carbocycles. The number of hydrogen-bond donors (Lipinski definition) is 2. The van der Waals surface area contributed by atoms with Crippen molar-refractivity contribution in [1.82, 2.24) is 14.9 Å². The summed E-state index contributed by atoms with van der Waals surface area (Å²) in [7, 11) is 0. The van der Waals surface area contributed by atoms with Crippen LogP contribution < -0.4 is 10.7 Å². The highest BCUT2D eigenvalue weighted by atomic mass is 35.5. The minimum atomic E-state index is -1.32. The van der Waals surface area contributed by atoms with Gasteiger partial charge in [0, 0.05) is 6.20 Å². The fraction of sp³-hybridized carbons (Fsp3) is 0.0714. The van der Waals surface area contributed by atoms with E-state index in [1.54, 1.807) is 18.4 Å². The third kappa shape index (κ3) is 2.36. The summed E-state index contributed by atoms with van der Waals surface area (Å²) in [4.78, 5) is 27.7. The average molecular weight is 338 g/mol. The summed E-state index contributed by atoms with van der Waals surface area (Å²) < 4.78 is 1.48. The quantitative estimate of drug-likeness (QED) is 0.822. The van der Waals surface area contributed by atoms with Crippen LogP contribution in [0.5, 0.6) is 0 Å². The van der Waals surface area contributed by atoms with Gasteiger partial charge in [0.25, 0.3) is 0 Å². The minimum Gasteiger partial charge on any atom is -0.477 e. The molecule has 22 heavy (non-hydrogen) atoms. The molecule has 0 spiro atoms. The van der Waals surface area contributed by atoms with Crippen molar-refractivity contribution in [3.8, 4) is 0 Å². The molecule has 112 valence electrons. The van der Waals surface area contributed by atoms with E-state index in [0.717, 1.165) is 0 Å². The molecule has 0 aliphatic carbocycles. The SMILES string of the molecule is O=C(O)c1cn(C2NC=CC=C2Cl)c2nc(Cl)ccc2c1=O. The zero-order valence-corrected chi connectivity index (χ0v) is 12.5. The molecule has 6 nitrogen and oxygen atoms in total. The smallest absolute Gasteiger partial charge is 0.341 e. The Balaban J connectivity index is 2.37. The number of pyridine rings is 2. The maximum Gasteiger partial charge on any atom is 0.341 e. The number of nitrogens with one attached hydrogen (secondary N) is 1. The van der Waals surface area contributed by atoms with Crippen LogP contribution in [-0.2, 0) is 0 Å². The lowest BCUT2D eigenvalue weighted by molar-refractivity contribution is 0.0694. The third-order valence-electron chi connectivity index (χ3n) is 3.22. The predicted molar refractivity (Wildman–Crippen MR) is 83.2 cm³/mol. The number of dihydropyridines is 1. The number of fused-ring (bicyclic) bond motifs is 1. The highest BCUT2D eigenvalue weighted by molar-refractivity contribution is 6.30. The van der Waals surface area contributed by atoms with E-state index in [4.69, 9.17) is 23.2 Å². The van der Waals surface area contributed by atoms with E-state index < -0.39 is 17.6 Å². The van der Waals surface area contributed by atoms with Gasteiger partial charge < -0.3 is 15.0 Å². The minimum absolute atomic E-state index is 0.158. The molecular weight excluding hydrogens is 329 g/mol. The van der Waals surface area contributed by atoms with Gasteiger partial charge in [0.1, 0.15) is 22.5 Å². The van der Waals surface area contributed by atoms with E-state index in [1.165, 1.54) is 22.9 Å². The number of rotatable bonds is 2. The topological polar surface area (TPSA) is 84.2 Å². The molecule has 1 aliphatic rings. The molecule has 2 N–H and O–H groups in total. The molecule has 0 radical (unpaired) electrons. The van der Waals surface area contributed by atoms with Crippen LogP contribution in [0, 0.1) is 0 Å². The normalized spacial score (nSPS) is 17.2. The standard InChI is InChI=1S/C14H9Cl2N3O3/c15-9-2-1-5-17-13(9)19-6-8(14(21)22)11(20)7-3-4-10(16)18-12(7)19/h1-6,13,17H,(H,21,22). The summed E-state index contributed by atoms with van der Waals surface area (Å²) >= 11 is 12.1. The van der Waals surface area contributed by atoms with Crippen molar-refractivity contribution >= 4 is 40.2 Å². The first-order valence-corrected chi connectivity index (χ1v) is 6.97. The lowest BCUT2D eigenvalue weighted by Crippen LogP contribution is -2.28. The number of aromatic nitrogens is 2. The number of hydrogen-bond acceptors (Lipinski definition) is 4. The second-order valence-corrected chi connectivity index (χ2v) is 5.39. The molecule has 1 aliphatic heterocycles. The second-order valence-electron chi connectivity index (χ2n) is 4.57. The van der Waals surface area contributed by atoms with E-state index in [1.807, 2.05) is 0 Å². The Morgan fingerprint density at radius 2 is 2.14 bits per heavy atom. The van der Waals surface area contributed by atoms with Crippen LogP contribution in [0.1, 0.15) is 16.5 Å². The number of carbonyl (C=O) groups is 1. The Kier molecular flexibility index (Phi) is 3.64. The Morgan fingerprint density at radius 3 is 2.82 bits per heavy atom. The lowest BCUT2D eigenvalue weighted by Gasteiger charge is -2.24. The van der Waals surface area contributed by atoms with Crippen molar-refractivity contribution < 1.29 is 9.90 Å². The first-order valence-electron chi connectivity index (χ1n) is 6.22. The van der Waals surface area contributed by atoms with Crippen LogP contribution in [-0.4, -0.2) is 20.6 Å². The summed E-state index contributed by atoms with van der Waals surface area (Å²) in [5.74, 6) is -1.32. The molecular formula is C14H9Cl2N3O3.